The Kier molecular flexibility index (Phi) is 4.18. The van der Waals surface area contributed by atoms with Gasteiger partial charge in [-0.1, -0.05) is 6.07 Å². The van der Waals surface area contributed by atoms with Crippen LogP contribution in [0.4, 0.5) is 0 Å². The van der Waals surface area contributed by atoms with Crippen LogP contribution >= 0.6 is 11.3 Å². The molecule has 84 valence electrons. The number of nitrogens with one attached hydrogen (secondary N) is 2. The Morgan fingerprint density at radius 1 is 1.67 bits per heavy atom. The van der Waals surface area contributed by atoms with Crippen LogP contribution in [0.15, 0.2) is 17.5 Å². The van der Waals surface area contributed by atoms with Crippen LogP contribution in [0.25, 0.3) is 0 Å². The number of rotatable bonds is 4. The average molecular weight is 224 g/mol. The summed E-state index contributed by atoms with van der Waals surface area (Å²) in [6.45, 7) is 5.79. The van der Waals surface area contributed by atoms with E-state index in [4.69, 9.17) is 0 Å². The van der Waals surface area contributed by atoms with Crippen LogP contribution in [0, 0.1) is 5.92 Å². The summed E-state index contributed by atoms with van der Waals surface area (Å²) >= 11 is 1.84. The minimum atomic E-state index is 0.506. The SMILES string of the molecule is C[C@H](NCC1CCCNC1)c1cccs1. The van der Waals surface area contributed by atoms with E-state index in [-0.39, 0.29) is 0 Å². The van der Waals surface area contributed by atoms with Gasteiger partial charge >= 0.3 is 0 Å². The lowest BCUT2D eigenvalue weighted by Crippen LogP contribution is -2.36. The molecule has 0 aliphatic carbocycles. The molecule has 2 rings (SSSR count). The van der Waals surface area contributed by atoms with Crippen LogP contribution < -0.4 is 10.6 Å². The quantitative estimate of drug-likeness (QED) is 0.820. The third kappa shape index (κ3) is 3.30. The van der Waals surface area contributed by atoms with Crippen LogP contribution in [-0.2, 0) is 0 Å². The van der Waals surface area contributed by atoms with E-state index in [0.717, 1.165) is 12.5 Å². The van der Waals surface area contributed by atoms with Gasteiger partial charge in [0.25, 0.3) is 0 Å². The smallest absolute Gasteiger partial charge is 0.0386 e. The second kappa shape index (κ2) is 5.64. The second-order valence-electron chi connectivity index (χ2n) is 4.36. The summed E-state index contributed by atoms with van der Waals surface area (Å²) < 4.78 is 0. The third-order valence-corrected chi connectivity index (χ3v) is 4.14. The molecule has 0 saturated carbocycles. The van der Waals surface area contributed by atoms with Crippen molar-refractivity contribution in [1.29, 1.82) is 0 Å². The predicted octanol–water partition coefficient (Wildman–Crippen LogP) is 2.40. The first kappa shape index (κ1) is 11.1. The first-order valence-electron chi connectivity index (χ1n) is 5.84. The Labute approximate surface area is 96.1 Å². The van der Waals surface area contributed by atoms with Crippen LogP contribution in [-0.4, -0.2) is 19.6 Å². The van der Waals surface area contributed by atoms with E-state index >= 15 is 0 Å². The van der Waals surface area contributed by atoms with E-state index in [9.17, 15) is 0 Å². The van der Waals surface area contributed by atoms with Crippen LogP contribution in [0.3, 0.4) is 0 Å². The third-order valence-electron chi connectivity index (χ3n) is 3.08. The Morgan fingerprint density at radius 2 is 2.60 bits per heavy atom. The minimum absolute atomic E-state index is 0.506. The summed E-state index contributed by atoms with van der Waals surface area (Å²) in [5.41, 5.74) is 0. The highest BCUT2D eigenvalue weighted by Crippen LogP contribution is 2.19. The maximum absolute atomic E-state index is 3.63. The fourth-order valence-corrected chi connectivity index (χ4v) is 2.84. The zero-order valence-corrected chi connectivity index (χ0v) is 10.1. The van der Waals surface area contributed by atoms with Crippen LogP contribution in [0.1, 0.15) is 30.7 Å². The highest BCUT2D eigenvalue weighted by Gasteiger charge is 2.14. The summed E-state index contributed by atoms with van der Waals surface area (Å²) in [5, 5.41) is 9.23. The Morgan fingerprint density at radius 3 is 3.27 bits per heavy atom. The van der Waals surface area contributed by atoms with E-state index in [1.807, 2.05) is 11.3 Å². The summed E-state index contributed by atoms with van der Waals surface area (Å²) in [7, 11) is 0. The molecule has 0 amide bonds. The fourth-order valence-electron chi connectivity index (χ4n) is 2.08. The number of hydrogen-bond acceptors (Lipinski definition) is 3. The van der Waals surface area contributed by atoms with Gasteiger partial charge in [0.15, 0.2) is 0 Å². The Bertz CT molecular complexity index is 265. The van der Waals surface area contributed by atoms with E-state index in [1.165, 1.54) is 30.8 Å². The van der Waals surface area contributed by atoms with Crippen molar-refractivity contribution >= 4 is 11.3 Å². The normalized spacial score (nSPS) is 23.9. The molecule has 2 N–H and O–H groups in total. The Hall–Kier alpha value is -0.380. The molecule has 2 atom stereocenters. The monoisotopic (exact) mass is 224 g/mol. The molecule has 1 fully saturated rings. The molecule has 1 aromatic heterocycles. The lowest BCUT2D eigenvalue weighted by atomic mass is 9.99. The van der Waals surface area contributed by atoms with Crippen molar-refractivity contribution in [3.05, 3.63) is 22.4 Å². The van der Waals surface area contributed by atoms with Gasteiger partial charge in [0.2, 0.25) is 0 Å². The topological polar surface area (TPSA) is 24.1 Å². The van der Waals surface area contributed by atoms with Crippen molar-refractivity contribution in [1.82, 2.24) is 10.6 Å². The summed E-state index contributed by atoms with van der Waals surface area (Å²) in [6.07, 6.45) is 2.71. The van der Waals surface area contributed by atoms with Crippen molar-refractivity contribution in [3.8, 4) is 0 Å². The van der Waals surface area contributed by atoms with Gasteiger partial charge in [-0.3, -0.25) is 0 Å². The molecular formula is C12H20N2S. The second-order valence-corrected chi connectivity index (χ2v) is 5.34. The van der Waals surface area contributed by atoms with E-state index in [1.54, 1.807) is 0 Å². The van der Waals surface area contributed by atoms with Gasteiger partial charge in [0.1, 0.15) is 0 Å². The van der Waals surface area contributed by atoms with Crippen molar-refractivity contribution in [3.63, 3.8) is 0 Å². The molecule has 1 aliphatic rings. The van der Waals surface area contributed by atoms with Crippen molar-refractivity contribution in [2.75, 3.05) is 19.6 Å². The molecule has 0 aromatic carbocycles. The van der Waals surface area contributed by atoms with E-state index in [2.05, 4.69) is 35.1 Å². The van der Waals surface area contributed by atoms with Crippen LogP contribution in [0.5, 0.6) is 0 Å². The molecule has 15 heavy (non-hydrogen) atoms. The van der Waals surface area contributed by atoms with Gasteiger partial charge in [0, 0.05) is 10.9 Å². The molecule has 1 unspecified atom stereocenters. The molecule has 1 saturated heterocycles. The molecule has 0 spiro atoms. The minimum Gasteiger partial charge on any atom is -0.316 e. The Balaban J connectivity index is 1.73. The molecule has 1 aromatic rings. The highest BCUT2D eigenvalue weighted by atomic mass is 32.1. The number of thiophene rings is 1. The first-order valence-corrected chi connectivity index (χ1v) is 6.71. The lowest BCUT2D eigenvalue weighted by Gasteiger charge is -2.24. The van der Waals surface area contributed by atoms with Gasteiger partial charge < -0.3 is 10.6 Å². The van der Waals surface area contributed by atoms with Crippen molar-refractivity contribution in [2.24, 2.45) is 5.92 Å². The summed E-state index contributed by atoms with van der Waals surface area (Å²) in [6, 6.07) is 4.84. The predicted molar refractivity (Wildman–Crippen MR) is 66.3 cm³/mol. The number of hydrogen-bond donors (Lipinski definition) is 2. The maximum Gasteiger partial charge on any atom is 0.0386 e. The van der Waals surface area contributed by atoms with Crippen LogP contribution in [0.2, 0.25) is 0 Å². The summed E-state index contributed by atoms with van der Waals surface area (Å²) in [4.78, 5) is 1.44. The van der Waals surface area contributed by atoms with Crippen molar-refractivity contribution < 1.29 is 0 Å². The van der Waals surface area contributed by atoms with E-state index in [0.29, 0.717) is 6.04 Å². The number of piperidine rings is 1. The van der Waals surface area contributed by atoms with Gasteiger partial charge in [0.05, 0.1) is 0 Å². The molecule has 0 bridgehead atoms. The van der Waals surface area contributed by atoms with E-state index < -0.39 is 0 Å². The van der Waals surface area contributed by atoms with Gasteiger partial charge in [-0.15, -0.1) is 11.3 Å². The molecule has 2 nitrogen and oxygen atoms in total. The average Bonchev–Trinajstić information content (AvgIpc) is 2.81. The standard InChI is InChI=1S/C12H20N2S/c1-10(12-5-3-7-15-12)14-9-11-4-2-6-13-8-11/h3,5,7,10-11,13-14H,2,4,6,8-9H2,1H3/t10-,11?/m0/s1. The molecule has 3 heteroatoms. The fraction of sp³-hybridized carbons (Fsp3) is 0.667. The molecule has 2 heterocycles. The lowest BCUT2D eigenvalue weighted by molar-refractivity contribution is 0.349. The molecule has 0 radical (unpaired) electrons. The highest BCUT2D eigenvalue weighted by molar-refractivity contribution is 7.10. The summed E-state index contributed by atoms with van der Waals surface area (Å²) in [5.74, 6) is 0.821. The molecular weight excluding hydrogens is 204 g/mol. The maximum atomic E-state index is 3.63. The van der Waals surface area contributed by atoms with Gasteiger partial charge in [-0.2, -0.15) is 0 Å². The largest absolute Gasteiger partial charge is 0.316 e. The first-order chi connectivity index (χ1) is 7.36. The zero-order valence-electron chi connectivity index (χ0n) is 9.33. The van der Waals surface area contributed by atoms with Gasteiger partial charge in [-0.25, -0.2) is 0 Å². The van der Waals surface area contributed by atoms with Crippen molar-refractivity contribution in [2.45, 2.75) is 25.8 Å². The zero-order chi connectivity index (χ0) is 10.5. The van der Waals surface area contributed by atoms with Gasteiger partial charge in [-0.05, 0) is 56.8 Å². The molecule has 1 aliphatic heterocycles.